The lowest BCUT2D eigenvalue weighted by molar-refractivity contribution is -0.119. The van der Waals surface area contributed by atoms with Crippen molar-refractivity contribution in [3.63, 3.8) is 0 Å². The minimum absolute atomic E-state index is 0.0754. The molecule has 0 bridgehead atoms. The highest BCUT2D eigenvalue weighted by Crippen LogP contribution is 2.41. The molecule has 28 heavy (non-hydrogen) atoms. The van der Waals surface area contributed by atoms with Crippen LogP contribution in [0.3, 0.4) is 0 Å². The maximum Gasteiger partial charge on any atom is 0.257 e. The molecule has 4 rings (SSSR count). The van der Waals surface area contributed by atoms with Crippen molar-refractivity contribution in [3.05, 3.63) is 34.1 Å². The SMILES string of the molecule is COCCN1C(=O)CN(C)C(=O)c2c1sc1c2CCN(c2ccnc(C)n2)C1. The second-order valence-corrected chi connectivity index (χ2v) is 8.10. The topological polar surface area (TPSA) is 78.9 Å². The molecule has 2 aromatic rings. The van der Waals surface area contributed by atoms with Gasteiger partial charge in [0.25, 0.3) is 5.91 Å². The third-order valence-corrected chi connectivity index (χ3v) is 6.36. The van der Waals surface area contributed by atoms with Gasteiger partial charge in [0.15, 0.2) is 0 Å². The van der Waals surface area contributed by atoms with Gasteiger partial charge in [-0.3, -0.25) is 14.5 Å². The van der Waals surface area contributed by atoms with Crippen LogP contribution in [-0.2, 0) is 22.5 Å². The summed E-state index contributed by atoms with van der Waals surface area (Å²) >= 11 is 1.54. The number of fused-ring (bicyclic) bond motifs is 3. The van der Waals surface area contributed by atoms with E-state index in [2.05, 4.69) is 14.9 Å². The molecule has 0 aromatic carbocycles. The number of hydrogen-bond acceptors (Lipinski definition) is 7. The Kier molecular flexibility index (Phi) is 5.03. The van der Waals surface area contributed by atoms with Gasteiger partial charge in [-0.15, -0.1) is 11.3 Å². The zero-order valence-electron chi connectivity index (χ0n) is 16.3. The summed E-state index contributed by atoms with van der Waals surface area (Å²) < 4.78 is 5.18. The molecule has 9 heteroatoms. The highest BCUT2D eigenvalue weighted by atomic mass is 32.1. The van der Waals surface area contributed by atoms with Crippen molar-refractivity contribution >= 4 is 34.0 Å². The van der Waals surface area contributed by atoms with Gasteiger partial charge in [0.2, 0.25) is 5.91 Å². The zero-order chi connectivity index (χ0) is 19.8. The van der Waals surface area contributed by atoms with Gasteiger partial charge >= 0.3 is 0 Å². The van der Waals surface area contributed by atoms with Gasteiger partial charge in [0.05, 0.1) is 25.3 Å². The van der Waals surface area contributed by atoms with E-state index in [1.807, 2.05) is 13.0 Å². The quantitative estimate of drug-likeness (QED) is 0.772. The fraction of sp³-hybridized carbons (Fsp3) is 0.474. The Labute approximate surface area is 167 Å². The average Bonchev–Trinajstić information content (AvgIpc) is 3.02. The summed E-state index contributed by atoms with van der Waals surface area (Å²) in [7, 11) is 3.30. The summed E-state index contributed by atoms with van der Waals surface area (Å²) in [5.41, 5.74) is 1.75. The van der Waals surface area contributed by atoms with E-state index in [0.29, 0.717) is 25.3 Å². The first-order valence-electron chi connectivity index (χ1n) is 9.23. The molecule has 2 aliphatic heterocycles. The van der Waals surface area contributed by atoms with Crippen LogP contribution in [0, 0.1) is 6.92 Å². The van der Waals surface area contributed by atoms with Gasteiger partial charge in [0.1, 0.15) is 23.2 Å². The minimum Gasteiger partial charge on any atom is -0.383 e. The van der Waals surface area contributed by atoms with E-state index in [1.54, 1.807) is 25.3 Å². The highest BCUT2D eigenvalue weighted by molar-refractivity contribution is 7.17. The normalized spacial score (nSPS) is 16.9. The molecule has 0 N–H and O–H groups in total. The molecule has 0 radical (unpaired) electrons. The van der Waals surface area contributed by atoms with E-state index >= 15 is 0 Å². The van der Waals surface area contributed by atoms with Gasteiger partial charge in [-0.25, -0.2) is 9.97 Å². The maximum absolute atomic E-state index is 13.0. The number of hydrogen-bond donors (Lipinski definition) is 0. The van der Waals surface area contributed by atoms with Crippen LogP contribution in [0.1, 0.15) is 26.6 Å². The van der Waals surface area contributed by atoms with Crippen molar-refractivity contribution in [1.82, 2.24) is 14.9 Å². The van der Waals surface area contributed by atoms with Gasteiger partial charge in [-0.1, -0.05) is 0 Å². The largest absolute Gasteiger partial charge is 0.383 e. The summed E-state index contributed by atoms with van der Waals surface area (Å²) in [6, 6.07) is 1.91. The number of carbonyl (C=O) groups is 2. The number of amides is 2. The van der Waals surface area contributed by atoms with E-state index < -0.39 is 0 Å². The van der Waals surface area contributed by atoms with E-state index in [-0.39, 0.29) is 18.4 Å². The van der Waals surface area contributed by atoms with Gasteiger partial charge in [-0.05, 0) is 25.0 Å². The standard InChI is InChI=1S/C19H23N5O3S/c1-12-20-6-4-15(21-12)23-7-5-13-14(10-23)28-19-17(13)18(26)22(2)11-16(25)24(19)8-9-27-3/h4,6H,5,7-11H2,1-3H3. The fourth-order valence-electron chi connectivity index (χ4n) is 3.69. The van der Waals surface area contributed by atoms with Gasteiger partial charge in [-0.2, -0.15) is 0 Å². The number of rotatable bonds is 4. The first-order valence-corrected chi connectivity index (χ1v) is 10.0. The molecule has 0 saturated heterocycles. The lowest BCUT2D eigenvalue weighted by Crippen LogP contribution is -2.39. The molecule has 148 valence electrons. The summed E-state index contributed by atoms with van der Waals surface area (Å²) in [4.78, 5) is 41.0. The molecule has 0 aliphatic carbocycles. The predicted molar refractivity (Wildman–Crippen MR) is 107 cm³/mol. The van der Waals surface area contributed by atoms with E-state index in [9.17, 15) is 9.59 Å². The van der Waals surface area contributed by atoms with Crippen LogP contribution in [0.2, 0.25) is 0 Å². The Hall–Kier alpha value is -2.52. The van der Waals surface area contributed by atoms with E-state index in [1.165, 1.54) is 16.2 Å². The Morgan fingerprint density at radius 1 is 1.29 bits per heavy atom. The molecule has 2 amide bonds. The van der Waals surface area contributed by atoms with Crippen LogP contribution in [0.4, 0.5) is 10.8 Å². The van der Waals surface area contributed by atoms with Crippen LogP contribution in [0.5, 0.6) is 0 Å². The molecule has 0 atom stereocenters. The summed E-state index contributed by atoms with van der Waals surface area (Å²) in [6.45, 7) is 4.28. The van der Waals surface area contributed by atoms with Crippen molar-refractivity contribution in [1.29, 1.82) is 0 Å². The number of aromatic nitrogens is 2. The first kappa shape index (κ1) is 18.8. The van der Waals surface area contributed by atoms with Crippen LogP contribution >= 0.6 is 11.3 Å². The summed E-state index contributed by atoms with van der Waals surface area (Å²) in [5, 5.41) is 0.752. The van der Waals surface area contributed by atoms with Crippen molar-refractivity contribution in [2.24, 2.45) is 0 Å². The van der Waals surface area contributed by atoms with E-state index in [4.69, 9.17) is 4.74 Å². The third kappa shape index (κ3) is 3.24. The lowest BCUT2D eigenvalue weighted by atomic mass is 10.0. The van der Waals surface area contributed by atoms with E-state index in [0.717, 1.165) is 40.0 Å². The van der Waals surface area contributed by atoms with Crippen molar-refractivity contribution in [2.45, 2.75) is 19.9 Å². The molecule has 4 heterocycles. The Morgan fingerprint density at radius 2 is 2.11 bits per heavy atom. The van der Waals surface area contributed by atoms with Crippen molar-refractivity contribution < 1.29 is 14.3 Å². The molecular formula is C19H23N5O3S. The Bertz CT molecular complexity index is 928. The first-order chi connectivity index (χ1) is 13.5. The predicted octanol–water partition coefficient (Wildman–Crippen LogP) is 1.47. The molecule has 0 unspecified atom stereocenters. The highest BCUT2D eigenvalue weighted by Gasteiger charge is 2.36. The third-order valence-electron chi connectivity index (χ3n) is 5.12. The molecule has 0 saturated carbocycles. The monoisotopic (exact) mass is 401 g/mol. The van der Waals surface area contributed by atoms with Gasteiger partial charge < -0.3 is 14.5 Å². The number of aryl methyl sites for hydroxylation is 1. The molecule has 2 aromatic heterocycles. The molecule has 8 nitrogen and oxygen atoms in total. The Morgan fingerprint density at radius 3 is 2.86 bits per heavy atom. The van der Waals surface area contributed by atoms with Crippen LogP contribution in [-0.4, -0.2) is 67.1 Å². The second kappa shape index (κ2) is 7.48. The van der Waals surface area contributed by atoms with Crippen molar-refractivity contribution in [3.8, 4) is 0 Å². The van der Waals surface area contributed by atoms with Crippen LogP contribution in [0.15, 0.2) is 12.3 Å². The average molecular weight is 401 g/mol. The molecular weight excluding hydrogens is 378 g/mol. The maximum atomic E-state index is 13.0. The second-order valence-electron chi connectivity index (χ2n) is 7.02. The molecule has 0 spiro atoms. The van der Waals surface area contributed by atoms with Crippen LogP contribution in [0.25, 0.3) is 0 Å². The van der Waals surface area contributed by atoms with Crippen molar-refractivity contribution in [2.75, 3.05) is 50.2 Å². The smallest absolute Gasteiger partial charge is 0.257 e. The number of ether oxygens (including phenoxy) is 1. The number of anilines is 2. The van der Waals surface area contributed by atoms with Gasteiger partial charge in [0, 0.05) is 31.8 Å². The van der Waals surface area contributed by atoms with Crippen LogP contribution < -0.4 is 9.80 Å². The molecule has 0 fully saturated rings. The summed E-state index contributed by atoms with van der Waals surface area (Å²) in [5.74, 6) is 1.47. The summed E-state index contributed by atoms with van der Waals surface area (Å²) in [6.07, 6.45) is 2.51. The number of thiophene rings is 1. The number of methoxy groups -OCH3 is 1. The number of likely N-dealkylation sites (N-methyl/N-ethyl adjacent to an activating group) is 1. The lowest BCUT2D eigenvalue weighted by Gasteiger charge is -2.28. The minimum atomic E-state index is -0.0768. The number of carbonyl (C=O) groups excluding carboxylic acids is 2. The number of nitrogens with zero attached hydrogens (tertiary/aromatic N) is 5. The fourth-order valence-corrected chi connectivity index (χ4v) is 5.09. The molecule has 2 aliphatic rings. The zero-order valence-corrected chi connectivity index (χ0v) is 17.1. The Balaban J connectivity index is 1.73.